The third kappa shape index (κ3) is 7.22. The van der Waals surface area contributed by atoms with E-state index in [2.05, 4.69) is 43.4 Å². The third-order valence-corrected chi connectivity index (χ3v) is 5.71. The number of ketones is 2. The molecule has 0 saturated heterocycles. The van der Waals surface area contributed by atoms with Crippen LogP contribution >= 0.6 is 0 Å². The minimum Gasteiger partial charge on any atom is -0.359 e. The van der Waals surface area contributed by atoms with Gasteiger partial charge in [0.1, 0.15) is 0 Å². The minimum absolute atomic E-state index is 0.0470. The number of hydrogen-bond donors (Lipinski definition) is 1. The third-order valence-electron chi connectivity index (χ3n) is 5.71. The van der Waals surface area contributed by atoms with Gasteiger partial charge in [-0.05, 0) is 30.4 Å². The summed E-state index contributed by atoms with van der Waals surface area (Å²) in [5, 5.41) is 3.15. The molecule has 0 amide bonds. The van der Waals surface area contributed by atoms with Crippen LogP contribution in [0.4, 0.5) is 5.95 Å². The summed E-state index contributed by atoms with van der Waals surface area (Å²) in [6.07, 6.45) is 3.58. The molecule has 1 N–H and O–H groups in total. The van der Waals surface area contributed by atoms with Crippen molar-refractivity contribution >= 4 is 17.5 Å². The highest BCUT2D eigenvalue weighted by molar-refractivity contribution is 6.36. The van der Waals surface area contributed by atoms with Crippen molar-refractivity contribution in [1.82, 2.24) is 9.55 Å². The number of nitrogens with one attached hydrogen (secondary N) is 1. The summed E-state index contributed by atoms with van der Waals surface area (Å²) in [5.74, 6) is 0.0220. The maximum Gasteiger partial charge on any atom is 0.259 e. The average Bonchev–Trinajstić information content (AvgIpc) is 2.88. The number of aromatic nitrogens is 2. The lowest BCUT2D eigenvalue weighted by molar-refractivity contribution is -0.135. The molecule has 0 spiro atoms. The Morgan fingerprint density at radius 2 is 1.46 bits per heavy atom. The Balaban J connectivity index is 0.000000466. The smallest absolute Gasteiger partial charge is 0.259 e. The minimum atomic E-state index is -0.327. The van der Waals surface area contributed by atoms with Crippen molar-refractivity contribution in [3.8, 4) is 0 Å². The van der Waals surface area contributed by atoms with Crippen LogP contribution in [0.1, 0.15) is 75.4 Å². The maximum atomic E-state index is 13.6. The fourth-order valence-corrected chi connectivity index (χ4v) is 3.99. The number of aryl methyl sites for hydroxylation is 1. The lowest BCUT2D eigenvalue weighted by Crippen LogP contribution is -2.33. The highest BCUT2D eigenvalue weighted by atomic mass is 16.2. The van der Waals surface area contributed by atoms with E-state index < -0.39 is 0 Å². The van der Waals surface area contributed by atoms with Gasteiger partial charge in [-0.15, -0.1) is 0 Å². The topological polar surface area (TPSA) is 81.1 Å². The largest absolute Gasteiger partial charge is 0.359 e. The summed E-state index contributed by atoms with van der Waals surface area (Å²) in [6.45, 7) is 7.33. The van der Waals surface area contributed by atoms with E-state index in [4.69, 9.17) is 4.98 Å². The van der Waals surface area contributed by atoms with Crippen LogP contribution in [0.3, 0.4) is 0 Å². The van der Waals surface area contributed by atoms with Crippen LogP contribution in [0, 0.1) is 0 Å². The Kier molecular flexibility index (Phi) is 11.1. The van der Waals surface area contributed by atoms with Crippen LogP contribution < -0.4 is 10.9 Å². The van der Waals surface area contributed by atoms with Gasteiger partial charge in [0.25, 0.3) is 5.56 Å². The van der Waals surface area contributed by atoms with Crippen LogP contribution in [-0.2, 0) is 22.4 Å². The van der Waals surface area contributed by atoms with Gasteiger partial charge >= 0.3 is 0 Å². The molecule has 6 nitrogen and oxygen atoms in total. The molecule has 3 aromatic rings. The first-order valence-corrected chi connectivity index (χ1v) is 12.3. The zero-order valence-corrected chi connectivity index (χ0v) is 21.5. The van der Waals surface area contributed by atoms with E-state index >= 15 is 0 Å². The van der Waals surface area contributed by atoms with Gasteiger partial charge in [0, 0.05) is 26.0 Å². The molecule has 186 valence electrons. The Labute approximate surface area is 208 Å². The predicted molar refractivity (Wildman–Crippen MR) is 142 cm³/mol. The van der Waals surface area contributed by atoms with Crippen LogP contribution in [0.5, 0.6) is 0 Å². The summed E-state index contributed by atoms with van der Waals surface area (Å²) in [5.41, 5.74) is 3.90. The van der Waals surface area contributed by atoms with Crippen LogP contribution in [0.15, 0.2) is 65.5 Å². The van der Waals surface area contributed by atoms with Gasteiger partial charge in [-0.25, -0.2) is 4.98 Å². The van der Waals surface area contributed by atoms with Crippen molar-refractivity contribution in [1.29, 1.82) is 0 Å². The van der Waals surface area contributed by atoms with Crippen molar-refractivity contribution < 1.29 is 9.59 Å². The number of nitrogens with zero attached hydrogens (tertiary/aromatic N) is 2. The van der Waals surface area contributed by atoms with Crippen LogP contribution in [-0.4, -0.2) is 28.2 Å². The first kappa shape index (κ1) is 27.7. The number of carbonyl (C=O) groups is 2. The highest BCUT2D eigenvalue weighted by Gasteiger charge is 2.24. The zero-order chi connectivity index (χ0) is 25.8. The molecular formula is C29H37N3O3. The Morgan fingerprint density at radius 1 is 0.914 bits per heavy atom. The van der Waals surface area contributed by atoms with Crippen molar-refractivity contribution in [2.45, 2.75) is 65.8 Å². The average molecular weight is 476 g/mol. The second-order valence-electron chi connectivity index (χ2n) is 8.34. The Morgan fingerprint density at radius 3 is 1.83 bits per heavy atom. The molecule has 0 aliphatic carbocycles. The molecule has 3 rings (SSSR count). The molecule has 2 aromatic carbocycles. The van der Waals surface area contributed by atoms with Crippen molar-refractivity contribution in [3.63, 3.8) is 0 Å². The molecule has 0 bridgehead atoms. The summed E-state index contributed by atoms with van der Waals surface area (Å²) in [6, 6.07) is 20.1. The monoisotopic (exact) mass is 475 g/mol. The fourth-order valence-electron chi connectivity index (χ4n) is 3.99. The Bertz CT molecular complexity index is 1120. The molecule has 0 unspecified atom stereocenters. The normalized spacial score (nSPS) is 10.5. The molecule has 0 radical (unpaired) electrons. The van der Waals surface area contributed by atoms with Crippen LogP contribution in [0.25, 0.3) is 0 Å². The van der Waals surface area contributed by atoms with Gasteiger partial charge in [-0.2, -0.15) is 0 Å². The van der Waals surface area contributed by atoms with Gasteiger partial charge in [-0.3, -0.25) is 19.0 Å². The number of anilines is 1. The molecule has 6 heteroatoms. The molecule has 0 saturated carbocycles. The van der Waals surface area contributed by atoms with Gasteiger partial charge in [0.2, 0.25) is 5.95 Å². The molecule has 0 aliphatic heterocycles. The molecule has 1 aromatic heterocycles. The zero-order valence-electron chi connectivity index (χ0n) is 21.5. The lowest BCUT2D eigenvalue weighted by atomic mass is 9.97. The van der Waals surface area contributed by atoms with Crippen molar-refractivity contribution in [3.05, 3.63) is 93.4 Å². The number of carbonyl (C=O) groups excluding carboxylic acids is 2. The quantitative estimate of drug-likeness (QED) is 0.398. The SMILES string of the molecule is CCCC(=O)C(C)=O.CCCc1c(CC)nc(NC)n(C(c2ccccc2)c2ccccc2)c1=O. The molecule has 0 atom stereocenters. The van der Waals surface area contributed by atoms with Crippen molar-refractivity contribution in [2.75, 3.05) is 12.4 Å². The second-order valence-corrected chi connectivity index (χ2v) is 8.34. The number of rotatable bonds is 10. The predicted octanol–water partition coefficient (Wildman–Crippen LogP) is 5.38. The fraction of sp³-hybridized carbons (Fsp3) is 0.379. The first-order chi connectivity index (χ1) is 16.9. The van der Waals surface area contributed by atoms with E-state index in [0.29, 0.717) is 12.4 Å². The van der Waals surface area contributed by atoms with E-state index in [1.807, 2.05) is 54.9 Å². The number of benzene rings is 2. The van der Waals surface area contributed by atoms with Gasteiger partial charge < -0.3 is 5.32 Å². The number of hydrogen-bond acceptors (Lipinski definition) is 5. The van der Waals surface area contributed by atoms with Gasteiger partial charge in [0.15, 0.2) is 11.6 Å². The van der Waals surface area contributed by atoms with E-state index in [1.165, 1.54) is 6.92 Å². The summed E-state index contributed by atoms with van der Waals surface area (Å²) in [4.78, 5) is 39.0. The molecule has 0 aliphatic rings. The molecular weight excluding hydrogens is 438 g/mol. The van der Waals surface area contributed by atoms with E-state index in [-0.39, 0.29) is 23.2 Å². The Hall–Kier alpha value is -3.54. The van der Waals surface area contributed by atoms with Gasteiger partial charge in [0.05, 0.1) is 11.7 Å². The van der Waals surface area contributed by atoms with E-state index in [0.717, 1.165) is 48.1 Å². The summed E-state index contributed by atoms with van der Waals surface area (Å²) >= 11 is 0. The lowest BCUT2D eigenvalue weighted by Gasteiger charge is -2.25. The van der Waals surface area contributed by atoms with Crippen molar-refractivity contribution in [2.24, 2.45) is 0 Å². The maximum absolute atomic E-state index is 13.6. The van der Waals surface area contributed by atoms with Crippen LogP contribution in [0.2, 0.25) is 0 Å². The molecule has 35 heavy (non-hydrogen) atoms. The van der Waals surface area contributed by atoms with Gasteiger partial charge in [-0.1, -0.05) is 87.9 Å². The highest BCUT2D eigenvalue weighted by Crippen LogP contribution is 2.28. The standard InChI is InChI=1S/C23H27N3O.C6H10O2/c1-4-12-19-20(5-2)25-23(24-3)26(22(19)27)21(17-13-8-6-9-14-17)18-15-10-7-11-16-18;1-3-4-6(8)5(2)7/h6-11,13-16,21H,4-5,12H2,1-3H3,(H,24,25);3-4H2,1-2H3. The second kappa shape index (κ2) is 14.0. The summed E-state index contributed by atoms with van der Waals surface area (Å²) in [7, 11) is 1.82. The number of Topliss-reactive ketones (excluding diaryl/α,β-unsaturated/α-hetero) is 2. The van der Waals surface area contributed by atoms with E-state index in [1.54, 1.807) is 0 Å². The first-order valence-electron chi connectivity index (χ1n) is 12.3. The summed E-state index contributed by atoms with van der Waals surface area (Å²) < 4.78 is 1.81. The molecule has 1 heterocycles. The van der Waals surface area contributed by atoms with E-state index in [9.17, 15) is 14.4 Å². The molecule has 0 fully saturated rings.